The van der Waals surface area contributed by atoms with Crippen LogP contribution in [0.3, 0.4) is 0 Å². The Bertz CT molecular complexity index is 1270. The fraction of sp³-hybridized carbons (Fsp3) is 0.240. The van der Waals surface area contributed by atoms with E-state index in [1.54, 1.807) is 18.4 Å². The van der Waals surface area contributed by atoms with Gasteiger partial charge in [0.1, 0.15) is 0 Å². The number of furan rings is 1. The van der Waals surface area contributed by atoms with Gasteiger partial charge < -0.3 is 9.40 Å². The highest BCUT2D eigenvalue weighted by Gasteiger charge is 2.22. The summed E-state index contributed by atoms with van der Waals surface area (Å²) in [5, 5.41) is 0. The molecule has 0 atom stereocenters. The van der Waals surface area contributed by atoms with Gasteiger partial charge in [-0.3, -0.25) is 14.7 Å². The first kappa shape index (κ1) is 19.5. The van der Waals surface area contributed by atoms with Crippen LogP contribution in [-0.4, -0.2) is 26.4 Å². The highest BCUT2D eigenvalue weighted by molar-refractivity contribution is 5.64. The molecule has 156 valence electrons. The van der Waals surface area contributed by atoms with Gasteiger partial charge in [-0.2, -0.15) is 0 Å². The fourth-order valence-corrected chi connectivity index (χ4v) is 4.11. The second kappa shape index (κ2) is 7.96. The molecule has 0 bridgehead atoms. The number of hydrogen-bond donors (Lipinski definition) is 1. The molecule has 5 rings (SSSR count). The summed E-state index contributed by atoms with van der Waals surface area (Å²) in [6.07, 6.45) is 4.26. The molecule has 6 nitrogen and oxygen atoms in total. The average molecular weight is 412 g/mol. The second-order valence-electron chi connectivity index (χ2n) is 8.08. The van der Waals surface area contributed by atoms with Gasteiger partial charge in [-0.1, -0.05) is 24.3 Å². The summed E-state index contributed by atoms with van der Waals surface area (Å²) in [5.41, 5.74) is 7.32. The van der Waals surface area contributed by atoms with Crippen molar-refractivity contribution in [2.75, 3.05) is 6.54 Å². The maximum absolute atomic E-state index is 12.7. The Morgan fingerprint density at radius 3 is 2.81 bits per heavy atom. The smallest absolute Gasteiger partial charge is 0.256 e. The quantitative estimate of drug-likeness (QED) is 0.542. The van der Waals surface area contributed by atoms with Crippen molar-refractivity contribution in [3.63, 3.8) is 0 Å². The SMILES string of the molecule is Cc1cccc(-c2ccc(CN3CCc4nc(-c5ccco5)[nH]c(=O)c4C3)cn2)c1C. The van der Waals surface area contributed by atoms with Crippen molar-refractivity contribution >= 4 is 0 Å². The van der Waals surface area contributed by atoms with Crippen molar-refractivity contribution in [1.82, 2.24) is 19.9 Å². The zero-order valence-electron chi connectivity index (χ0n) is 17.7. The molecule has 1 aromatic carbocycles. The first-order valence-electron chi connectivity index (χ1n) is 10.5. The van der Waals surface area contributed by atoms with E-state index in [4.69, 9.17) is 9.40 Å². The predicted molar refractivity (Wildman–Crippen MR) is 120 cm³/mol. The molecule has 0 saturated heterocycles. The topological polar surface area (TPSA) is 75.0 Å². The number of aromatic nitrogens is 3. The van der Waals surface area contributed by atoms with Crippen molar-refractivity contribution in [3.8, 4) is 22.8 Å². The third kappa shape index (κ3) is 3.82. The number of nitrogens with one attached hydrogen (secondary N) is 1. The molecule has 31 heavy (non-hydrogen) atoms. The minimum atomic E-state index is -0.0931. The van der Waals surface area contributed by atoms with Gasteiger partial charge in [-0.25, -0.2) is 4.98 Å². The van der Waals surface area contributed by atoms with E-state index >= 15 is 0 Å². The summed E-state index contributed by atoms with van der Waals surface area (Å²) < 4.78 is 5.37. The van der Waals surface area contributed by atoms with Crippen LogP contribution in [-0.2, 0) is 19.5 Å². The van der Waals surface area contributed by atoms with Crippen LogP contribution in [0.25, 0.3) is 22.8 Å². The largest absolute Gasteiger partial charge is 0.461 e. The molecule has 0 fully saturated rings. The number of aromatic amines is 1. The number of benzene rings is 1. The summed E-state index contributed by atoms with van der Waals surface area (Å²) in [6, 6.07) is 14.1. The summed E-state index contributed by atoms with van der Waals surface area (Å²) in [6.45, 7) is 6.43. The van der Waals surface area contributed by atoms with E-state index in [1.807, 2.05) is 6.20 Å². The van der Waals surface area contributed by atoms with E-state index in [0.29, 0.717) is 18.1 Å². The summed E-state index contributed by atoms with van der Waals surface area (Å²) in [5.74, 6) is 1.07. The van der Waals surface area contributed by atoms with E-state index in [0.717, 1.165) is 42.0 Å². The molecular weight excluding hydrogens is 388 g/mol. The van der Waals surface area contributed by atoms with E-state index in [9.17, 15) is 4.79 Å². The highest BCUT2D eigenvalue weighted by atomic mass is 16.3. The number of H-pyrrole nitrogens is 1. The van der Waals surface area contributed by atoms with Crippen LogP contribution in [0, 0.1) is 13.8 Å². The van der Waals surface area contributed by atoms with Crippen molar-refractivity contribution in [3.05, 3.63) is 93.2 Å². The van der Waals surface area contributed by atoms with E-state index in [2.05, 4.69) is 59.0 Å². The first-order chi connectivity index (χ1) is 15.1. The van der Waals surface area contributed by atoms with E-state index < -0.39 is 0 Å². The Morgan fingerprint density at radius 1 is 1.13 bits per heavy atom. The molecule has 0 amide bonds. The average Bonchev–Trinajstić information content (AvgIpc) is 3.32. The van der Waals surface area contributed by atoms with Gasteiger partial charge >= 0.3 is 0 Å². The van der Waals surface area contributed by atoms with Gasteiger partial charge in [0.15, 0.2) is 11.6 Å². The number of fused-ring (bicyclic) bond motifs is 1. The minimum Gasteiger partial charge on any atom is -0.461 e. The number of rotatable bonds is 4. The van der Waals surface area contributed by atoms with Crippen LogP contribution in [0.2, 0.25) is 0 Å². The van der Waals surface area contributed by atoms with Crippen LogP contribution in [0.15, 0.2) is 64.1 Å². The molecule has 3 aromatic heterocycles. The Balaban J connectivity index is 1.32. The Morgan fingerprint density at radius 2 is 2.03 bits per heavy atom. The number of nitrogens with zero attached hydrogens (tertiary/aromatic N) is 3. The van der Waals surface area contributed by atoms with Gasteiger partial charge in [-0.15, -0.1) is 0 Å². The normalized spacial score (nSPS) is 13.9. The van der Waals surface area contributed by atoms with Crippen LogP contribution in [0.1, 0.15) is 27.9 Å². The maximum Gasteiger partial charge on any atom is 0.256 e. The molecule has 6 heteroatoms. The van der Waals surface area contributed by atoms with Gasteiger partial charge in [0.2, 0.25) is 0 Å². The number of aryl methyl sites for hydroxylation is 1. The summed E-state index contributed by atoms with van der Waals surface area (Å²) >= 11 is 0. The Labute approximate surface area is 180 Å². The van der Waals surface area contributed by atoms with Gasteiger partial charge in [0, 0.05) is 37.8 Å². The standard InChI is InChI=1S/C25H24N4O2/c1-16-5-3-6-19(17(16)2)21-9-8-18(13-26-21)14-29-11-10-22-20(15-29)25(30)28-24(27-22)23-7-4-12-31-23/h3-9,12-13H,10-11,14-15H2,1-2H3,(H,27,28,30). The molecule has 4 aromatic rings. The molecule has 1 N–H and O–H groups in total. The summed E-state index contributed by atoms with van der Waals surface area (Å²) in [4.78, 5) is 27.1. The van der Waals surface area contributed by atoms with Crippen molar-refractivity contribution < 1.29 is 4.42 Å². The first-order valence-corrected chi connectivity index (χ1v) is 10.5. The molecule has 4 heterocycles. The minimum absolute atomic E-state index is 0.0931. The van der Waals surface area contributed by atoms with Crippen molar-refractivity contribution in [2.45, 2.75) is 33.4 Å². The molecule has 0 saturated carbocycles. The lowest BCUT2D eigenvalue weighted by Gasteiger charge is -2.27. The predicted octanol–water partition coefficient (Wildman–Crippen LogP) is 4.27. The number of hydrogen-bond acceptors (Lipinski definition) is 5. The third-order valence-electron chi connectivity index (χ3n) is 6.01. The van der Waals surface area contributed by atoms with E-state index in [-0.39, 0.29) is 5.56 Å². The van der Waals surface area contributed by atoms with Gasteiger partial charge in [-0.05, 0) is 48.7 Å². The van der Waals surface area contributed by atoms with Gasteiger partial charge in [0.25, 0.3) is 5.56 Å². The second-order valence-corrected chi connectivity index (χ2v) is 8.08. The maximum atomic E-state index is 12.7. The van der Waals surface area contributed by atoms with E-state index in [1.165, 1.54) is 16.7 Å². The van der Waals surface area contributed by atoms with Crippen LogP contribution in [0.5, 0.6) is 0 Å². The molecule has 0 aliphatic carbocycles. The molecule has 0 radical (unpaired) electrons. The molecule has 1 aliphatic heterocycles. The lowest BCUT2D eigenvalue weighted by Crippen LogP contribution is -2.35. The van der Waals surface area contributed by atoms with Crippen molar-refractivity contribution in [2.24, 2.45) is 0 Å². The zero-order valence-corrected chi connectivity index (χ0v) is 17.7. The Hall–Kier alpha value is -3.51. The monoisotopic (exact) mass is 412 g/mol. The van der Waals surface area contributed by atoms with Gasteiger partial charge in [0.05, 0.1) is 23.2 Å². The van der Waals surface area contributed by atoms with Crippen molar-refractivity contribution in [1.29, 1.82) is 0 Å². The molecule has 0 spiro atoms. The Kier molecular flexibility index (Phi) is 5.00. The molecule has 1 aliphatic rings. The fourth-order valence-electron chi connectivity index (χ4n) is 4.11. The number of pyridine rings is 1. The van der Waals surface area contributed by atoms with Crippen LogP contribution >= 0.6 is 0 Å². The third-order valence-corrected chi connectivity index (χ3v) is 6.01. The molecule has 0 unspecified atom stereocenters. The zero-order chi connectivity index (χ0) is 21.4. The lowest BCUT2D eigenvalue weighted by atomic mass is 10.0. The summed E-state index contributed by atoms with van der Waals surface area (Å²) in [7, 11) is 0. The van der Waals surface area contributed by atoms with Crippen LogP contribution < -0.4 is 5.56 Å². The highest BCUT2D eigenvalue weighted by Crippen LogP contribution is 2.25. The van der Waals surface area contributed by atoms with Crippen LogP contribution in [0.4, 0.5) is 0 Å². The lowest BCUT2D eigenvalue weighted by molar-refractivity contribution is 0.241. The molecular formula is C25H24N4O2.